The number of piperidine rings is 1. The maximum atomic E-state index is 12.3. The van der Waals surface area contributed by atoms with Crippen LogP contribution < -0.4 is 0 Å². The van der Waals surface area contributed by atoms with E-state index in [-0.39, 0.29) is 17.6 Å². The number of carbonyl (C=O) groups is 2. The minimum absolute atomic E-state index is 0.0908. The molecule has 6 heteroatoms. The Morgan fingerprint density at radius 1 is 1.29 bits per heavy atom. The molecule has 2 aliphatic rings. The molecule has 0 unspecified atom stereocenters. The lowest BCUT2D eigenvalue weighted by molar-refractivity contribution is -0.140. The van der Waals surface area contributed by atoms with Crippen molar-refractivity contribution in [2.75, 3.05) is 26.7 Å². The molecular formula is C15H26N2O4. The maximum Gasteiger partial charge on any atom is 0.407 e. The van der Waals surface area contributed by atoms with Crippen LogP contribution in [-0.2, 0) is 9.53 Å². The summed E-state index contributed by atoms with van der Waals surface area (Å²) in [5, 5.41) is 9.00. The van der Waals surface area contributed by atoms with Gasteiger partial charge in [0.05, 0.1) is 18.2 Å². The summed E-state index contributed by atoms with van der Waals surface area (Å²) < 4.78 is 5.99. The number of ether oxygens (including phenoxy) is 1. The van der Waals surface area contributed by atoms with Crippen molar-refractivity contribution in [3.05, 3.63) is 0 Å². The monoisotopic (exact) mass is 298 g/mol. The second kappa shape index (κ2) is 5.48. The SMILES string of the molecule is CN(C(=O)C(C)(C)C)[C@H]1COC2(CCN(C(=O)O)CC2)C1. The summed E-state index contributed by atoms with van der Waals surface area (Å²) in [5.41, 5.74) is -0.639. The smallest absolute Gasteiger partial charge is 0.407 e. The van der Waals surface area contributed by atoms with Gasteiger partial charge in [0.25, 0.3) is 0 Å². The van der Waals surface area contributed by atoms with E-state index in [4.69, 9.17) is 9.84 Å². The zero-order valence-electron chi connectivity index (χ0n) is 13.4. The quantitative estimate of drug-likeness (QED) is 0.801. The molecule has 2 saturated heterocycles. The number of likely N-dealkylation sites (tertiary alicyclic amines) is 1. The highest BCUT2D eigenvalue weighted by Gasteiger charge is 2.46. The number of likely N-dealkylation sites (N-methyl/N-ethyl adjacent to an activating group) is 1. The van der Waals surface area contributed by atoms with E-state index in [1.807, 2.05) is 27.8 Å². The van der Waals surface area contributed by atoms with Gasteiger partial charge in [-0.15, -0.1) is 0 Å². The number of rotatable bonds is 1. The molecule has 0 aromatic carbocycles. The van der Waals surface area contributed by atoms with Crippen LogP contribution in [0.4, 0.5) is 4.79 Å². The molecule has 2 rings (SSSR count). The number of carboxylic acid groups (broad SMARTS) is 1. The second-order valence-electron chi connectivity index (χ2n) is 7.29. The van der Waals surface area contributed by atoms with Crippen molar-refractivity contribution in [1.82, 2.24) is 9.80 Å². The van der Waals surface area contributed by atoms with E-state index in [0.717, 1.165) is 6.42 Å². The van der Waals surface area contributed by atoms with Gasteiger partial charge in [0.1, 0.15) is 0 Å². The van der Waals surface area contributed by atoms with E-state index in [1.54, 1.807) is 4.90 Å². The van der Waals surface area contributed by atoms with Gasteiger partial charge in [-0.3, -0.25) is 4.79 Å². The lowest BCUT2D eigenvalue weighted by atomic mass is 9.86. The first-order valence-electron chi connectivity index (χ1n) is 7.54. The highest BCUT2D eigenvalue weighted by molar-refractivity contribution is 5.81. The third kappa shape index (κ3) is 3.31. The fourth-order valence-electron chi connectivity index (χ4n) is 3.22. The van der Waals surface area contributed by atoms with Gasteiger partial charge in [0.2, 0.25) is 5.91 Å². The molecule has 6 nitrogen and oxygen atoms in total. The molecule has 0 saturated carbocycles. The summed E-state index contributed by atoms with van der Waals surface area (Å²) in [6, 6.07) is 0.0908. The van der Waals surface area contributed by atoms with Crippen molar-refractivity contribution in [1.29, 1.82) is 0 Å². The molecule has 21 heavy (non-hydrogen) atoms. The van der Waals surface area contributed by atoms with Gasteiger partial charge in [-0.2, -0.15) is 0 Å². The average Bonchev–Trinajstić information content (AvgIpc) is 2.80. The molecule has 0 bridgehead atoms. The largest absolute Gasteiger partial charge is 0.465 e. The van der Waals surface area contributed by atoms with Crippen molar-refractivity contribution in [3.63, 3.8) is 0 Å². The summed E-state index contributed by atoms with van der Waals surface area (Å²) in [7, 11) is 1.84. The van der Waals surface area contributed by atoms with E-state index >= 15 is 0 Å². The first kappa shape index (κ1) is 16.1. The van der Waals surface area contributed by atoms with Crippen molar-refractivity contribution in [2.45, 2.75) is 51.7 Å². The van der Waals surface area contributed by atoms with Crippen LogP contribution in [0.15, 0.2) is 0 Å². The molecule has 2 aliphatic heterocycles. The van der Waals surface area contributed by atoms with Gasteiger partial charge in [-0.1, -0.05) is 20.8 Å². The molecule has 2 heterocycles. The Labute approximate surface area is 126 Å². The first-order valence-corrected chi connectivity index (χ1v) is 7.54. The Morgan fingerprint density at radius 2 is 1.86 bits per heavy atom. The normalized spacial score (nSPS) is 25.1. The lowest BCUT2D eigenvalue weighted by Crippen LogP contribution is -2.47. The summed E-state index contributed by atoms with van der Waals surface area (Å²) in [6.07, 6.45) is 1.37. The fraction of sp³-hybridized carbons (Fsp3) is 0.867. The molecule has 2 fully saturated rings. The minimum atomic E-state index is -0.862. The molecule has 120 valence electrons. The maximum absolute atomic E-state index is 12.3. The number of amides is 2. The van der Waals surface area contributed by atoms with Crippen molar-refractivity contribution in [2.24, 2.45) is 5.41 Å². The van der Waals surface area contributed by atoms with Gasteiger partial charge in [-0.05, 0) is 19.3 Å². The average molecular weight is 298 g/mol. The highest BCUT2D eigenvalue weighted by Crippen LogP contribution is 2.38. The number of hydrogen-bond donors (Lipinski definition) is 1. The molecule has 1 atom stereocenters. The minimum Gasteiger partial charge on any atom is -0.465 e. The van der Waals surface area contributed by atoms with Crippen molar-refractivity contribution in [3.8, 4) is 0 Å². The van der Waals surface area contributed by atoms with E-state index in [1.165, 1.54) is 4.90 Å². The fourth-order valence-corrected chi connectivity index (χ4v) is 3.22. The predicted molar refractivity (Wildman–Crippen MR) is 78.1 cm³/mol. The van der Waals surface area contributed by atoms with Crippen LogP contribution in [0.1, 0.15) is 40.0 Å². The Bertz CT molecular complexity index is 422. The first-order chi connectivity index (χ1) is 9.65. The molecule has 2 amide bonds. The Kier molecular flexibility index (Phi) is 4.19. The molecular weight excluding hydrogens is 272 g/mol. The number of hydrogen-bond acceptors (Lipinski definition) is 3. The van der Waals surface area contributed by atoms with Crippen LogP contribution in [0.3, 0.4) is 0 Å². The molecule has 0 radical (unpaired) electrons. The summed E-state index contributed by atoms with van der Waals surface area (Å²) in [6.45, 7) is 7.33. The molecule has 1 N–H and O–H groups in total. The third-order valence-corrected chi connectivity index (χ3v) is 4.64. The number of nitrogens with zero attached hydrogens (tertiary/aromatic N) is 2. The summed E-state index contributed by atoms with van der Waals surface area (Å²) in [5.74, 6) is 0.121. The van der Waals surface area contributed by atoms with Crippen LogP contribution >= 0.6 is 0 Å². The highest BCUT2D eigenvalue weighted by atomic mass is 16.5. The second-order valence-corrected chi connectivity index (χ2v) is 7.29. The van der Waals surface area contributed by atoms with E-state index in [2.05, 4.69) is 0 Å². The van der Waals surface area contributed by atoms with Crippen LogP contribution in [-0.4, -0.2) is 65.3 Å². The van der Waals surface area contributed by atoms with E-state index in [0.29, 0.717) is 32.5 Å². The van der Waals surface area contributed by atoms with Crippen LogP contribution in [0.25, 0.3) is 0 Å². The van der Waals surface area contributed by atoms with Crippen molar-refractivity contribution < 1.29 is 19.4 Å². The zero-order valence-corrected chi connectivity index (χ0v) is 13.4. The summed E-state index contributed by atoms with van der Waals surface area (Å²) >= 11 is 0. The molecule has 0 aliphatic carbocycles. The van der Waals surface area contributed by atoms with Gasteiger partial charge in [0, 0.05) is 25.6 Å². The number of carbonyl (C=O) groups excluding carboxylic acids is 1. The Morgan fingerprint density at radius 3 is 2.33 bits per heavy atom. The third-order valence-electron chi connectivity index (χ3n) is 4.64. The van der Waals surface area contributed by atoms with Gasteiger partial charge in [0.15, 0.2) is 0 Å². The topological polar surface area (TPSA) is 70.1 Å². The van der Waals surface area contributed by atoms with Crippen molar-refractivity contribution >= 4 is 12.0 Å². The summed E-state index contributed by atoms with van der Waals surface area (Å²) in [4.78, 5) is 26.6. The van der Waals surface area contributed by atoms with E-state index < -0.39 is 11.5 Å². The van der Waals surface area contributed by atoms with Crippen LogP contribution in [0.2, 0.25) is 0 Å². The van der Waals surface area contributed by atoms with Gasteiger partial charge < -0.3 is 19.6 Å². The Balaban J connectivity index is 1.95. The standard InChI is InChI=1S/C15H26N2O4/c1-14(2,3)12(18)16(4)11-9-15(21-10-11)5-7-17(8-6-15)13(19)20/h11H,5-10H2,1-4H3,(H,19,20)/t11-/m1/s1. The van der Waals surface area contributed by atoms with Gasteiger partial charge >= 0.3 is 6.09 Å². The molecule has 0 aromatic rings. The lowest BCUT2D eigenvalue weighted by Gasteiger charge is -2.38. The zero-order chi connectivity index (χ0) is 15.8. The van der Waals surface area contributed by atoms with Crippen LogP contribution in [0, 0.1) is 5.41 Å². The van der Waals surface area contributed by atoms with Gasteiger partial charge in [-0.25, -0.2) is 4.79 Å². The van der Waals surface area contributed by atoms with E-state index in [9.17, 15) is 9.59 Å². The Hall–Kier alpha value is -1.30. The molecule has 1 spiro atoms. The molecule has 0 aromatic heterocycles. The predicted octanol–water partition coefficient (Wildman–Crippen LogP) is 1.79. The van der Waals surface area contributed by atoms with Crippen LogP contribution in [0.5, 0.6) is 0 Å².